The molecule has 4 rings (SSSR count). The molecule has 0 radical (unpaired) electrons. The Morgan fingerprint density at radius 3 is 2.42 bits per heavy atom. The quantitative estimate of drug-likeness (QED) is 0.503. The lowest BCUT2D eigenvalue weighted by molar-refractivity contribution is -0.138. The molecule has 0 atom stereocenters. The van der Waals surface area contributed by atoms with Gasteiger partial charge in [0.25, 0.3) is 5.91 Å². The van der Waals surface area contributed by atoms with Gasteiger partial charge in [0.2, 0.25) is 0 Å². The predicted molar refractivity (Wildman–Crippen MR) is 117 cm³/mol. The fourth-order valence-electron chi connectivity index (χ4n) is 3.97. The molecule has 3 N–H and O–H groups in total. The van der Waals surface area contributed by atoms with E-state index in [1.54, 1.807) is 12.1 Å². The van der Waals surface area contributed by atoms with Gasteiger partial charge in [-0.3, -0.25) is 19.9 Å². The van der Waals surface area contributed by atoms with Gasteiger partial charge >= 0.3 is 5.97 Å². The zero-order chi connectivity index (χ0) is 21.8. The molecule has 0 aliphatic carbocycles. The summed E-state index contributed by atoms with van der Waals surface area (Å²) in [7, 11) is 0. The first kappa shape index (κ1) is 21.0. The number of anilines is 1. The summed E-state index contributed by atoms with van der Waals surface area (Å²) in [5.41, 5.74) is 4.15. The molecular formula is C23H26N4O4. The van der Waals surface area contributed by atoms with Crippen molar-refractivity contribution in [2.75, 3.05) is 44.7 Å². The van der Waals surface area contributed by atoms with Gasteiger partial charge < -0.3 is 20.1 Å². The van der Waals surface area contributed by atoms with E-state index in [1.807, 2.05) is 40.1 Å². The number of carboxylic acid groups (broad SMARTS) is 1. The molecule has 2 aliphatic heterocycles. The minimum atomic E-state index is -0.845. The molecule has 162 valence electrons. The van der Waals surface area contributed by atoms with Crippen molar-refractivity contribution in [1.82, 2.24) is 9.80 Å². The number of morpholine rings is 1. The number of carbonyl (C=O) groups excluding carboxylic acids is 1. The Hall–Kier alpha value is -3.23. The Kier molecular flexibility index (Phi) is 6.29. The van der Waals surface area contributed by atoms with Crippen molar-refractivity contribution in [3.8, 4) is 0 Å². The van der Waals surface area contributed by atoms with Crippen LogP contribution in [0.4, 0.5) is 5.69 Å². The molecule has 2 aliphatic rings. The second-order valence-electron chi connectivity index (χ2n) is 7.82. The largest absolute Gasteiger partial charge is 0.480 e. The van der Waals surface area contributed by atoms with Crippen molar-refractivity contribution >= 4 is 23.4 Å². The molecule has 1 amide bonds. The third-order valence-corrected chi connectivity index (χ3v) is 5.66. The number of amidine groups is 1. The summed E-state index contributed by atoms with van der Waals surface area (Å²) in [5.74, 6) is -0.599. The number of fused-ring (bicyclic) bond motifs is 1. The Balaban J connectivity index is 1.40. The fourth-order valence-corrected chi connectivity index (χ4v) is 3.97. The lowest BCUT2D eigenvalue weighted by atomic mass is 9.97. The second-order valence-corrected chi connectivity index (χ2v) is 7.82. The molecule has 1 fully saturated rings. The van der Waals surface area contributed by atoms with Crippen LogP contribution in [-0.4, -0.2) is 72.0 Å². The molecule has 2 aromatic rings. The van der Waals surface area contributed by atoms with Crippen LogP contribution < -0.4 is 5.32 Å². The number of benzene rings is 2. The SMILES string of the molecule is N=C(c1ccc(NC(=O)c2ccc3c(c2)CN(CC(=O)O)CC3)cc1)N1CCOCC1. The summed E-state index contributed by atoms with van der Waals surface area (Å²) in [5, 5.41) is 20.3. The van der Waals surface area contributed by atoms with E-state index in [1.165, 1.54) is 0 Å². The van der Waals surface area contributed by atoms with Crippen molar-refractivity contribution in [2.24, 2.45) is 0 Å². The lowest BCUT2D eigenvalue weighted by Gasteiger charge is -2.29. The minimum Gasteiger partial charge on any atom is -0.480 e. The van der Waals surface area contributed by atoms with Crippen LogP contribution >= 0.6 is 0 Å². The van der Waals surface area contributed by atoms with Gasteiger partial charge in [-0.05, 0) is 53.9 Å². The average molecular weight is 422 g/mol. The van der Waals surface area contributed by atoms with Gasteiger partial charge in [-0.1, -0.05) is 6.07 Å². The molecule has 8 nitrogen and oxygen atoms in total. The molecule has 31 heavy (non-hydrogen) atoms. The van der Waals surface area contributed by atoms with Crippen LogP contribution in [-0.2, 0) is 22.5 Å². The van der Waals surface area contributed by atoms with E-state index in [0.717, 1.165) is 23.1 Å². The normalized spacial score (nSPS) is 16.5. The Morgan fingerprint density at radius 2 is 1.71 bits per heavy atom. The summed E-state index contributed by atoms with van der Waals surface area (Å²) < 4.78 is 5.33. The molecule has 0 aromatic heterocycles. The van der Waals surface area contributed by atoms with Crippen LogP contribution in [0.3, 0.4) is 0 Å². The number of carbonyl (C=O) groups is 2. The van der Waals surface area contributed by atoms with Crippen molar-refractivity contribution in [3.05, 3.63) is 64.7 Å². The Morgan fingerprint density at radius 1 is 1.00 bits per heavy atom. The van der Waals surface area contributed by atoms with Crippen LogP contribution in [0.1, 0.15) is 27.0 Å². The Bertz CT molecular complexity index is 984. The van der Waals surface area contributed by atoms with Gasteiger partial charge in [0.15, 0.2) is 0 Å². The molecule has 0 bridgehead atoms. The molecule has 2 aromatic carbocycles. The van der Waals surface area contributed by atoms with Crippen LogP contribution in [0.25, 0.3) is 0 Å². The zero-order valence-electron chi connectivity index (χ0n) is 17.3. The summed E-state index contributed by atoms with van der Waals surface area (Å²) in [6.45, 7) is 3.91. The highest BCUT2D eigenvalue weighted by Crippen LogP contribution is 2.21. The smallest absolute Gasteiger partial charge is 0.317 e. The standard InChI is InChI=1S/C23H26N4O4/c24-22(27-9-11-31-12-10-27)17-3-5-20(6-4-17)25-23(30)18-2-1-16-7-8-26(15-21(28)29)14-19(16)13-18/h1-6,13,24H,7-12,14-15H2,(H,25,30)(H,28,29). The van der Waals surface area contributed by atoms with Gasteiger partial charge in [0.1, 0.15) is 5.84 Å². The van der Waals surface area contributed by atoms with Gasteiger partial charge in [-0.15, -0.1) is 0 Å². The van der Waals surface area contributed by atoms with Gasteiger partial charge in [0, 0.05) is 43.0 Å². The summed E-state index contributed by atoms with van der Waals surface area (Å²) in [6.07, 6.45) is 0.779. The highest BCUT2D eigenvalue weighted by Gasteiger charge is 2.20. The Labute approximate surface area is 180 Å². The second kappa shape index (κ2) is 9.28. The third-order valence-electron chi connectivity index (χ3n) is 5.66. The third kappa shape index (κ3) is 5.10. The number of ether oxygens (including phenoxy) is 1. The van der Waals surface area contributed by atoms with Crippen molar-refractivity contribution in [2.45, 2.75) is 13.0 Å². The molecule has 1 saturated heterocycles. The highest BCUT2D eigenvalue weighted by molar-refractivity contribution is 6.05. The first-order chi connectivity index (χ1) is 15.0. The van der Waals surface area contributed by atoms with Gasteiger partial charge in [-0.2, -0.15) is 0 Å². The molecule has 0 saturated carbocycles. The number of hydrogen-bond acceptors (Lipinski definition) is 5. The number of carboxylic acids is 1. The topological polar surface area (TPSA) is 106 Å². The molecule has 2 heterocycles. The van der Waals surface area contributed by atoms with E-state index in [-0.39, 0.29) is 12.5 Å². The number of nitrogens with one attached hydrogen (secondary N) is 2. The van der Waals surface area contributed by atoms with Crippen LogP contribution in [0.2, 0.25) is 0 Å². The van der Waals surface area contributed by atoms with Gasteiger partial charge in [0.05, 0.1) is 19.8 Å². The molecule has 0 unspecified atom stereocenters. The predicted octanol–water partition coefficient (Wildman–Crippen LogP) is 2.04. The number of amides is 1. The van der Waals surface area contributed by atoms with Gasteiger partial charge in [-0.25, -0.2) is 0 Å². The van der Waals surface area contributed by atoms with E-state index in [0.29, 0.717) is 56.5 Å². The molecule has 8 heteroatoms. The average Bonchev–Trinajstić information content (AvgIpc) is 2.79. The summed E-state index contributed by atoms with van der Waals surface area (Å²) in [6, 6.07) is 12.9. The van der Waals surface area contributed by atoms with Crippen LogP contribution in [0, 0.1) is 5.41 Å². The number of hydrogen-bond donors (Lipinski definition) is 3. The summed E-state index contributed by atoms with van der Waals surface area (Å²) >= 11 is 0. The fraction of sp³-hybridized carbons (Fsp3) is 0.348. The van der Waals surface area contributed by atoms with Crippen LogP contribution in [0.15, 0.2) is 42.5 Å². The molecular weight excluding hydrogens is 396 g/mol. The lowest BCUT2D eigenvalue weighted by Crippen LogP contribution is -2.40. The van der Waals surface area contributed by atoms with E-state index in [2.05, 4.69) is 5.32 Å². The first-order valence-electron chi connectivity index (χ1n) is 10.4. The first-order valence-corrected chi connectivity index (χ1v) is 10.4. The van der Waals surface area contributed by atoms with E-state index < -0.39 is 5.97 Å². The number of nitrogens with zero attached hydrogens (tertiary/aromatic N) is 2. The highest BCUT2D eigenvalue weighted by atomic mass is 16.5. The van der Waals surface area contributed by atoms with Crippen LogP contribution in [0.5, 0.6) is 0 Å². The maximum Gasteiger partial charge on any atom is 0.317 e. The minimum absolute atomic E-state index is 0.00166. The maximum atomic E-state index is 12.7. The maximum absolute atomic E-state index is 12.7. The summed E-state index contributed by atoms with van der Waals surface area (Å²) in [4.78, 5) is 27.6. The monoisotopic (exact) mass is 422 g/mol. The number of rotatable bonds is 5. The molecule has 0 spiro atoms. The van der Waals surface area contributed by atoms with E-state index in [4.69, 9.17) is 15.3 Å². The number of aliphatic carboxylic acids is 1. The van der Waals surface area contributed by atoms with Crippen molar-refractivity contribution in [1.29, 1.82) is 5.41 Å². The van der Waals surface area contributed by atoms with E-state index >= 15 is 0 Å². The zero-order valence-corrected chi connectivity index (χ0v) is 17.3. The van der Waals surface area contributed by atoms with Crippen molar-refractivity contribution < 1.29 is 19.4 Å². The van der Waals surface area contributed by atoms with E-state index in [9.17, 15) is 9.59 Å². The van der Waals surface area contributed by atoms with Crippen molar-refractivity contribution in [3.63, 3.8) is 0 Å².